The molecular formula is C6H12Cl3N3. The zero-order chi connectivity index (χ0) is 7.40. The SMILES string of the molecule is Cl.Cl.N[C@H](CCl)Cc1c[nH]cn1. The van der Waals surface area contributed by atoms with Crippen LogP contribution in [0.25, 0.3) is 0 Å². The van der Waals surface area contributed by atoms with Gasteiger partial charge in [0, 0.05) is 24.5 Å². The van der Waals surface area contributed by atoms with Crippen molar-refractivity contribution in [2.75, 3.05) is 5.88 Å². The number of aromatic amines is 1. The molecule has 0 aliphatic carbocycles. The molecule has 0 saturated heterocycles. The Balaban J connectivity index is 0. The molecule has 0 saturated carbocycles. The van der Waals surface area contributed by atoms with E-state index in [1.54, 1.807) is 6.33 Å². The van der Waals surface area contributed by atoms with Crippen molar-refractivity contribution >= 4 is 36.4 Å². The fourth-order valence-electron chi connectivity index (χ4n) is 0.726. The molecule has 0 fully saturated rings. The number of nitrogens with zero attached hydrogens (tertiary/aromatic N) is 1. The van der Waals surface area contributed by atoms with E-state index in [4.69, 9.17) is 17.3 Å². The van der Waals surface area contributed by atoms with E-state index in [0.717, 1.165) is 12.1 Å². The molecule has 12 heavy (non-hydrogen) atoms. The largest absolute Gasteiger partial charge is 0.351 e. The molecule has 3 N–H and O–H groups in total. The summed E-state index contributed by atoms with van der Waals surface area (Å²) in [6.45, 7) is 0. The van der Waals surface area contributed by atoms with Gasteiger partial charge in [-0.25, -0.2) is 4.98 Å². The topological polar surface area (TPSA) is 54.7 Å². The first-order chi connectivity index (χ1) is 4.83. The predicted octanol–water partition coefficient (Wildman–Crippen LogP) is 1.36. The molecule has 1 heterocycles. The second kappa shape index (κ2) is 7.68. The Hall–Kier alpha value is 0.0400. The average Bonchev–Trinajstić information content (AvgIpc) is 2.40. The number of aromatic nitrogens is 2. The van der Waals surface area contributed by atoms with Crippen LogP contribution in [0.15, 0.2) is 12.5 Å². The van der Waals surface area contributed by atoms with Crippen molar-refractivity contribution in [2.24, 2.45) is 5.73 Å². The molecule has 1 aromatic heterocycles. The Morgan fingerprint density at radius 3 is 2.67 bits per heavy atom. The first-order valence-electron chi connectivity index (χ1n) is 3.12. The minimum Gasteiger partial charge on any atom is -0.351 e. The van der Waals surface area contributed by atoms with Crippen LogP contribution in [0.4, 0.5) is 0 Å². The molecule has 1 atom stereocenters. The molecule has 0 aromatic carbocycles. The third-order valence-electron chi connectivity index (χ3n) is 1.22. The number of nitrogens with one attached hydrogen (secondary N) is 1. The summed E-state index contributed by atoms with van der Waals surface area (Å²) in [6.07, 6.45) is 4.20. The molecule has 0 spiro atoms. The fraction of sp³-hybridized carbons (Fsp3) is 0.500. The molecule has 3 nitrogen and oxygen atoms in total. The van der Waals surface area contributed by atoms with Gasteiger partial charge in [-0.15, -0.1) is 36.4 Å². The second-order valence-corrected chi connectivity index (χ2v) is 2.49. The lowest BCUT2D eigenvalue weighted by Crippen LogP contribution is -2.24. The van der Waals surface area contributed by atoms with Crippen molar-refractivity contribution in [3.63, 3.8) is 0 Å². The van der Waals surface area contributed by atoms with Crippen LogP contribution in [0, 0.1) is 0 Å². The predicted molar refractivity (Wildman–Crippen MR) is 55.5 cm³/mol. The molecule has 0 aliphatic heterocycles. The summed E-state index contributed by atoms with van der Waals surface area (Å²) in [4.78, 5) is 6.86. The van der Waals surface area contributed by atoms with E-state index in [0.29, 0.717) is 5.88 Å². The third-order valence-corrected chi connectivity index (χ3v) is 1.62. The minimum absolute atomic E-state index is 0. The quantitative estimate of drug-likeness (QED) is 0.773. The summed E-state index contributed by atoms with van der Waals surface area (Å²) in [5.74, 6) is 0.479. The zero-order valence-corrected chi connectivity index (χ0v) is 8.75. The summed E-state index contributed by atoms with van der Waals surface area (Å²) < 4.78 is 0. The van der Waals surface area contributed by atoms with Gasteiger partial charge in [-0.1, -0.05) is 0 Å². The highest BCUT2D eigenvalue weighted by atomic mass is 35.5. The molecule has 0 radical (unpaired) electrons. The molecule has 0 aliphatic rings. The summed E-state index contributed by atoms with van der Waals surface area (Å²) >= 11 is 5.51. The van der Waals surface area contributed by atoms with Gasteiger partial charge in [0.15, 0.2) is 0 Å². The molecule has 1 aromatic rings. The Labute approximate surface area is 88.9 Å². The van der Waals surface area contributed by atoms with Crippen LogP contribution in [0.5, 0.6) is 0 Å². The van der Waals surface area contributed by atoms with Gasteiger partial charge < -0.3 is 10.7 Å². The molecule has 72 valence electrons. The van der Waals surface area contributed by atoms with Crippen molar-refractivity contribution < 1.29 is 0 Å². The smallest absolute Gasteiger partial charge is 0.0923 e. The van der Waals surface area contributed by atoms with E-state index in [1.807, 2.05) is 6.20 Å². The normalized spacial score (nSPS) is 11.2. The van der Waals surface area contributed by atoms with Crippen molar-refractivity contribution in [1.82, 2.24) is 9.97 Å². The third kappa shape index (κ3) is 4.83. The molecule has 6 heteroatoms. The highest BCUT2D eigenvalue weighted by Crippen LogP contribution is 1.96. The number of H-pyrrole nitrogens is 1. The van der Waals surface area contributed by atoms with Crippen LogP contribution in [0.3, 0.4) is 0 Å². The lowest BCUT2D eigenvalue weighted by molar-refractivity contribution is 0.732. The van der Waals surface area contributed by atoms with Crippen molar-refractivity contribution in [3.05, 3.63) is 18.2 Å². The fourth-order valence-corrected chi connectivity index (χ4v) is 0.835. The number of alkyl halides is 1. The van der Waals surface area contributed by atoms with Gasteiger partial charge in [-0.3, -0.25) is 0 Å². The molecule has 0 bridgehead atoms. The van der Waals surface area contributed by atoms with E-state index in [9.17, 15) is 0 Å². The van der Waals surface area contributed by atoms with Crippen molar-refractivity contribution in [1.29, 1.82) is 0 Å². The van der Waals surface area contributed by atoms with Crippen molar-refractivity contribution in [2.45, 2.75) is 12.5 Å². The zero-order valence-electron chi connectivity index (χ0n) is 6.37. The van der Waals surface area contributed by atoms with Crippen LogP contribution in [0.2, 0.25) is 0 Å². The van der Waals surface area contributed by atoms with E-state index in [1.165, 1.54) is 0 Å². The molecular weight excluding hydrogens is 220 g/mol. The van der Waals surface area contributed by atoms with E-state index >= 15 is 0 Å². The Bertz CT molecular complexity index is 178. The minimum atomic E-state index is 0. The van der Waals surface area contributed by atoms with Gasteiger partial charge >= 0.3 is 0 Å². The summed E-state index contributed by atoms with van der Waals surface area (Å²) in [5.41, 5.74) is 6.54. The van der Waals surface area contributed by atoms with Crippen molar-refractivity contribution in [3.8, 4) is 0 Å². The van der Waals surface area contributed by atoms with E-state index in [2.05, 4.69) is 9.97 Å². The summed E-state index contributed by atoms with van der Waals surface area (Å²) in [6, 6.07) is 0.0185. The lowest BCUT2D eigenvalue weighted by Gasteiger charge is -2.02. The number of rotatable bonds is 3. The number of hydrogen-bond acceptors (Lipinski definition) is 2. The maximum atomic E-state index is 5.58. The van der Waals surface area contributed by atoms with Gasteiger partial charge in [0.1, 0.15) is 0 Å². The maximum Gasteiger partial charge on any atom is 0.0923 e. The standard InChI is InChI=1S/C6H10ClN3.2ClH/c7-2-5(8)1-6-3-9-4-10-6;;/h3-5H,1-2,8H2,(H,9,10);2*1H/t5-;;/m0../s1. The lowest BCUT2D eigenvalue weighted by atomic mass is 10.2. The molecule has 1 rings (SSSR count). The highest BCUT2D eigenvalue weighted by Gasteiger charge is 2.02. The van der Waals surface area contributed by atoms with Crippen LogP contribution in [-0.2, 0) is 6.42 Å². The van der Waals surface area contributed by atoms with Gasteiger partial charge in [-0.2, -0.15) is 0 Å². The molecule has 0 amide bonds. The Kier molecular flexibility index (Phi) is 9.31. The van der Waals surface area contributed by atoms with Crippen LogP contribution < -0.4 is 5.73 Å². The van der Waals surface area contributed by atoms with Crippen LogP contribution in [-0.4, -0.2) is 21.9 Å². The number of hydrogen-bond donors (Lipinski definition) is 2. The Morgan fingerprint density at radius 2 is 2.25 bits per heavy atom. The van der Waals surface area contributed by atoms with Crippen LogP contribution in [0.1, 0.15) is 5.69 Å². The van der Waals surface area contributed by atoms with Crippen LogP contribution >= 0.6 is 36.4 Å². The first kappa shape index (κ1) is 14.6. The first-order valence-corrected chi connectivity index (χ1v) is 3.65. The van der Waals surface area contributed by atoms with Gasteiger partial charge in [0.2, 0.25) is 0 Å². The second-order valence-electron chi connectivity index (χ2n) is 2.18. The highest BCUT2D eigenvalue weighted by molar-refractivity contribution is 6.18. The monoisotopic (exact) mass is 231 g/mol. The number of imidazole rings is 1. The average molecular weight is 233 g/mol. The summed E-state index contributed by atoms with van der Waals surface area (Å²) in [7, 11) is 0. The number of nitrogens with two attached hydrogens (primary N) is 1. The Morgan fingerprint density at radius 1 is 1.58 bits per heavy atom. The van der Waals surface area contributed by atoms with Gasteiger partial charge in [0.25, 0.3) is 0 Å². The summed E-state index contributed by atoms with van der Waals surface area (Å²) in [5, 5.41) is 0. The molecule has 0 unspecified atom stereocenters. The van der Waals surface area contributed by atoms with Gasteiger partial charge in [-0.05, 0) is 0 Å². The van der Waals surface area contributed by atoms with E-state index in [-0.39, 0.29) is 30.9 Å². The number of halogens is 3. The van der Waals surface area contributed by atoms with E-state index < -0.39 is 0 Å². The maximum absolute atomic E-state index is 5.58. The van der Waals surface area contributed by atoms with Gasteiger partial charge in [0.05, 0.1) is 12.0 Å².